The van der Waals surface area contributed by atoms with E-state index >= 15 is 0 Å². The second kappa shape index (κ2) is 7.06. The second-order valence-corrected chi connectivity index (χ2v) is 8.60. The molecule has 1 heterocycles. The van der Waals surface area contributed by atoms with E-state index in [1.807, 2.05) is 6.92 Å². The fourth-order valence-corrected chi connectivity index (χ4v) is 5.10. The molecule has 1 N–H and O–H groups in total. The summed E-state index contributed by atoms with van der Waals surface area (Å²) < 4.78 is 32.6. The molecule has 0 bridgehead atoms. The molecule has 1 unspecified atom stereocenters. The van der Waals surface area contributed by atoms with Crippen molar-refractivity contribution in [1.82, 2.24) is 9.71 Å². The Morgan fingerprint density at radius 2 is 2.05 bits per heavy atom. The van der Waals surface area contributed by atoms with E-state index in [0.717, 1.165) is 37.0 Å². The Morgan fingerprint density at radius 1 is 1.41 bits per heavy atom. The van der Waals surface area contributed by atoms with Crippen LogP contribution < -0.4 is 4.72 Å². The first-order chi connectivity index (χ1) is 10.3. The number of ether oxygens (including phenoxy) is 1. The van der Waals surface area contributed by atoms with E-state index in [9.17, 15) is 13.2 Å². The van der Waals surface area contributed by atoms with Gasteiger partial charge in [0.2, 0.25) is 0 Å². The zero-order valence-electron chi connectivity index (χ0n) is 13.1. The second-order valence-electron chi connectivity index (χ2n) is 5.51. The number of rotatable bonds is 6. The molecule has 0 aromatic carbocycles. The van der Waals surface area contributed by atoms with Gasteiger partial charge in [-0.25, -0.2) is 18.1 Å². The van der Waals surface area contributed by atoms with E-state index in [2.05, 4.69) is 9.71 Å². The van der Waals surface area contributed by atoms with Crippen molar-refractivity contribution < 1.29 is 17.9 Å². The summed E-state index contributed by atoms with van der Waals surface area (Å²) in [7, 11) is -3.88. The van der Waals surface area contributed by atoms with Crippen molar-refractivity contribution in [3.63, 3.8) is 0 Å². The smallest absolute Gasteiger partial charge is 0.275 e. The summed E-state index contributed by atoms with van der Waals surface area (Å²) in [6.07, 6.45) is 3.84. The number of amides is 1. The highest BCUT2D eigenvalue weighted by atomic mass is 32.2. The number of thiazole rings is 1. The molecular formula is C14H22N2O4S2. The minimum absolute atomic E-state index is 0.0609. The molecule has 1 aromatic heterocycles. The van der Waals surface area contributed by atoms with Crippen LogP contribution in [0.25, 0.3) is 0 Å². The molecule has 1 aromatic rings. The fourth-order valence-electron chi connectivity index (χ4n) is 2.61. The Hall–Kier alpha value is -0.990. The average Bonchev–Trinajstić information content (AvgIpc) is 3.05. The summed E-state index contributed by atoms with van der Waals surface area (Å²) in [5.41, 5.74) is 0.410. The third kappa shape index (κ3) is 4.05. The molecular weight excluding hydrogens is 324 g/mol. The van der Waals surface area contributed by atoms with Gasteiger partial charge < -0.3 is 4.74 Å². The van der Waals surface area contributed by atoms with E-state index in [1.54, 1.807) is 13.8 Å². The highest BCUT2D eigenvalue weighted by molar-refractivity contribution is 7.92. The SMILES string of the molecule is CCC(OC1CCCC1)C(=O)NS(=O)(=O)c1sc(C)nc1C. The highest BCUT2D eigenvalue weighted by Gasteiger charge is 2.29. The largest absolute Gasteiger partial charge is 0.365 e. The Kier molecular flexibility index (Phi) is 5.57. The molecule has 1 atom stereocenters. The summed E-state index contributed by atoms with van der Waals surface area (Å²) in [5, 5.41) is 0.652. The highest BCUT2D eigenvalue weighted by Crippen LogP contribution is 2.24. The molecule has 8 heteroatoms. The minimum atomic E-state index is -3.88. The van der Waals surface area contributed by atoms with Crippen LogP contribution in [0, 0.1) is 13.8 Å². The van der Waals surface area contributed by atoms with Crippen LogP contribution in [0.4, 0.5) is 0 Å². The van der Waals surface area contributed by atoms with E-state index in [0.29, 0.717) is 17.1 Å². The van der Waals surface area contributed by atoms with Gasteiger partial charge in [0.15, 0.2) is 4.21 Å². The van der Waals surface area contributed by atoms with Crippen LogP contribution in [0.2, 0.25) is 0 Å². The molecule has 0 aliphatic heterocycles. The number of sulfonamides is 1. The van der Waals surface area contributed by atoms with Gasteiger partial charge in [0.05, 0.1) is 16.8 Å². The lowest BCUT2D eigenvalue weighted by molar-refractivity contribution is -0.134. The standard InChI is InChI=1S/C14H22N2O4S2/c1-4-12(20-11-7-5-6-8-11)13(17)16-22(18,19)14-9(2)15-10(3)21-14/h11-12H,4-8H2,1-3H3,(H,16,17). The maximum Gasteiger partial charge on any atom is 0.275 e. The molecule has 124 valence electrons. The van der Waals surface area contributed by atoms with Crippen molar-refractivity contribution in [1.29, 1.82) is 0 Å². The van der Waals surface area contributed by atoms with Gasteiger partial charge in [0.1, 0.15) is 6.10 Å². The van der Waals surface area contributed by atoms with E-state index in [1.165, 1.54) is 0 Å². The van der Waals surface area contributed by atoms with Gasteiger partial charge >= 0.3 is 0 Å². The zero-order valence-corrected chi connectivity index (χ0v) is 14.7. The van der Waals surface area contributed by atoms with Gasteiger partial charge in [-0.3, -0.25) is 4.79 Å². The Labute approximate surface area is 135 Å². The van der Waals surface area contributed by atoms with Crippen molar-refractivity contribution in [3.8, 4) is 0 Å². The number of nitrogens with one attached hydrogen (secondary N) is 1. The van der Waals surface area contributed by atoms with Crippen LogP contribution in [0.5, 0.6) is 0 Å². The summed E-state index contributed by atoms with van der Waals surface area (Å²) in [6.45, 7) is 5.17. The summed E-state index contributed by atoms with van der Waals surface area (Å²) in [6, 6.07) is 0. The molecule has 1 aliphatic carbocycles. The van der Waals surface area contributed by atoms with Crippen LogP contribution in [-0.2, 0) is 19.6 Å². The summed E-state index contributed by atoms with van der Waals surface area (Å²) in [5.74, 6) is -0.597. The van der Waals surface area contributed by atoms with Gasteiger partial charge in [-0.1, -0.05) is 19.8 Å². The third-order valence-electron chi connectivity index (χ3n) is 3.66. The zero-order chi connectivity index (χ0) is 16.3. The van der Waals surface area contributed by atoms with Gasteiger partial charge in [0.25, 0.3) is 15.9 Å². The summed E-state index contributed by atoms with van der Waals surface area (Å²) in [4.78, 5) is 16.3. The average molecular weight is 346 g/mol. The first-order valence-electron chi connectivity index (χ1n) is 7.49. The molecule has 1 amide bonds. The number of carbonyl (C=O) groups is 1. The molecule has 2 rings (SSSR count). The van der Waals surface area contributed by atoms with E-state index < -0.39 is 22.0 Å². The number of aromatic nitrogens is 1. The molecule has 1 aliphatic rings. The lowest BCUT2D eigenvalue weighted by atomic mass is 10.2. The summed E-state index contributed by atoms with van der Waals surface area (Å²) >= 11 is 1.06. The van der Waals surface area contributed by atoms with Crippen LogP contribution in [-0.4, -0.2) is 31.5 Å². The fraction of sp³-hybridized carbons (Fsp3) is 0.714. The van der Waals surface area contributed by atoms with E-state index in [4.69, 9.17) is 4.74 Å². The van der Waals surface area contributed by atoms with E-state index in [-0.39, 0.29) is 10.3 Å². The number of hydrogen-bond acceptors (Lipinski definition) is 6. The molecule has 22 heavy (non-hydrogen) atoms. The number of carbonyl (C=O) groups excluding carboxylic acids is 1. The van der Waals surface area contributed by atoms with Crippen molar-refractivity contribution in [2.24, 2.45) is 0 Å². The van der Waals surface area contributed by atoms with Crippen LogP contribution in [0.3, 0.4) is 0 Å². The normalized spacial score (nSPS) is 17.6. The number of aryl methyl sites for hydroxylation is 2. The maximum atomic E-state index is 12.3. The first-order valence-corrected chi connectivity index (χ1v) is 9.79. The van der Waals surface area contributed by atoms with Crippen molar-refractivity contribution in [2.75, 3.05) is 0 Å². The van der Waals surface area contributed by atoms with Crippen molar-refractivity contribution in [2.45, 2.75) is 69.3 Å². The Balaban J connectivity index is 2.06. The number of hydrogen-bond donors (Lipinski definition) is 1. The van der Waals surface area contributed by atoms with Crippen molar-refractivity contribution >= 4 is 27.3 Å². The molecule has 0 spiro atoms. The predicted molar refractivity (Wildman–Crippen MR) is 84.3 cm³/mol. The molecule has 0 saturated heterocycles. The Bertz CT molecular complexity index is 633. The van der Waals surface area contributed by atoms with Crippen LogP contribution in [0.1, 0.15) is 49.7 Å². The maximum absolute atomic E-state index is 12.3. The predicted octanol–water partition coefficient (Wildman–Crippen LogP) is 2.30. The van der Waals surface area contributed by atoms with Gasteiger partial charge in [0, 0.05) is 0 Å². The molecule has 0 radical (unpaired) electrons. The number of nitrogens with zero attached hydrogens (tertiary/aromatic N) is 1. The lowest BCUT2D eigenvalue weighted by Gasteiger charge is -2.20. The van der Waals surface area contributed by atoms with Gasteiger partial charge in [-0.2, -0.15) is 0 Å². The van der Waals surface area contributed by atoms with Crippen molar-refractivity contribution in [3.05, 3.63) is 10.7 Å². The quantitative estimate of drug-likeness (QED) is 0.854. The molecule has 1 saturated carbocycles. The topological polar surface area (TPSA) is 85.4 Å². The molecule has 6 nitrogen and oxygen atoms in total. The third-order valence-corrected chi connectivity index (χ3v) is 6.69. The molecule has 1 fully saturated rings. The Morgan fingerprint density at radius 3 is 2.55 bits per heavy atom. The van der Waals surface area contributed by atoms with Gasteiger partial charge in [-0.05, 0) is 33.1 Å². The van der Waals surface area contributed by atoms with Crippen LogP contribution >= 0.6 is 11.3 Å². The first kappa shape index (κ1) is 17.4. The lowest BCUT2D eigenvalue weighted by Crippen LogP contribution is -2.41. The van der Waals surface area contributed by atoms with Crippen LogP contribution in [0.15, 0.2) is 4.21 Å². The van der Waals surface area contributed by atoms with Gasteiger partial charge in [-0.15, -0.1) is 11.3 Å². The minimum Gasteiger partial charge on any atom is -0.365 e. The monoisotopic (exact) mass is 346 g/mol.